The van der Waals surface area contributed by atoms with Crippen molar-refractivity contribution in [3.05, 3.63) is 52.3 Å². The summed E-state index contributed by atoms with van der Waals surface area (Å²) in [7, 11) is 0. The molecule has 0 aliphatic carbocycles. The van der Waals surface area contributed by atoms with Crippen LogP contribution in [0.1, 0.15) is 11.1 Å². The lowest BCUT2D eigenvalue weighted by molar-refractivity contribution is 0.148. The zero-order valence-corrected chi connectivity index (χ0v) is 12.2. The molecular formula is C15H14BrNO2. The summed E-state index contributed by atoms with van der Waals surface area (Å²) in [6.07, 6.45) is 4.42. The highest BCUT2D eigenvalue weighted by Gasteiger charge is 2.23. The number of fused-ring (bicyclic) bond motifs is 1. The van der Waals surface area contributed by atoms with Gasteiger partial charge in [0.25, 0.3) is 0 Å². The Labute approximate surface area is 120 Å². The quantitative estimate of drug-likeness (QED) is 0.867. The van der Waals surface area contributed by atoms with Gasteiger partial charge in [-0.1, -0.05) is 17.7 Å². The van der Waals surface area contributed by atoms with Gasteiger partial charge in [-0.15, -0.1) is 0 Å². The highest BCUT2D eigenvalue weighted by atomic mass is 79.9. The van der Waals surface area contributed by atoms with Gasteiger partial charge in [0.05, 0.1) is 6.20 Å². The first-order valence-electron chi connectivity index (χ1n) is 6.20. The third-order valence-corrected chi connectivity index (χ3v) is 3.51. The van der Waals surface area contributed by atoms with Crippen molar-refractivity contribution >= 4 is 15.9 Å². The minimum absolute atomic E-state index is 0.0794. The average Bonchev–Trinajstić information content (AvgIpc) is 2.78. The van der Waals surface area contributed by atoms with Crippen molar-refractivity contribution in [1.82, 2.24) is 4.98 Å². The molecule has 1 aromatic carbocycles. The fourth-order valence-electron chi connectivity index (χ4n) is 2.20. The van der Waals surface area contributed by atoms with E-state index < -0.39 is 0 Å². The number of rotatable bonds is 3. The number of benzene rings is 1. The normalized spacial score (nSPS) is 16.8. The van der Waals surface area contributed by atoms with Gasteiger partial charge < -0.3 is 9.47 Å². The van der Waals surface area contributed by atoms with Gasteiger partial charge in [-0.2, -0.15) is 0 Å². The van der Waals surface area contributed by atoms with E-state index >= 15 is 0 Å². The van der Waals surface area contributed by atoms with Crippen molar-refractivity contribution in [1.29, 1.82) is 0 Å². The van der Waals surface area contributed by atoms with Crippen LogP contribution in [0.3, 0.4) is 0 Å². The number of nitrogens with zero attached hydrogens (tertiary/aromatic N) is 1. The van der Waals surface area contributed by atoms with Gasteiger partial charge in [0.1, 0.15) is 24.2 Å². The second kappa shape index (κ2) is 5.21. The predicted octanol–water partition coefficient (Wildman–Crippen LogP) is 3.54. The summed E-state index contributed by atoms with van der Waals surface area (Å²) in [5.74, 6) is 1.73. The molecule has 2 aromatic rings. The summed E-state index contributed by atoms with van der Waals surface area (Å²) in [5.41, 5.74) is 2.53. The largest absolute Gasteiger partial charge is 0.488 e. The summed E-state index contributed by atoms with van der Waals surface area (Å²) < 4.78 is 12.5. The van der Waals surface area contributed by atoms with E-state index in [4.69, 9.17) is 9.47 Å². The highest BCUT2D eigenvalue weighted by Crippen LogP contribution is 2.29. The van der Waals surface area contributed by atoms with Crippen LogP contribution in [0.15, 0.2) is 41.1 Å². The molecule has 1 unspecified atom stereocenters. The number of hydrogen-bond acceptors (Lipinski definition) is 3. The molecule has 1 aliphatic rings. The topological polar surface area (TPSA) is 31.4 Å². The molecule has 2 heterocycles. The van der Waals surface area contributed by atoms with E-state index in [1.807, 2.05) is 12.1 Å². The van der Waals surface area contributed by atoms with Crippen LogP contribution in [0.2, 0.25) is 0 Å². The van der Waals surface area contributed by atoms with Gasteiger partial charge in [-0.05, 0) is 40.5 Å². The molecule has 0 amide bonds. The van der Waals surface area contributed by atoms with Crippen molar-refractivity contribution < 1.29 is 9.47 Å². The molecule has 4 heteroatoms. The number of aromatic nitrogens is 1. The first-order valence-corrected chi connectivity index (χ1v) is 6.99. The molecule has 1 aliphatic heterocycles. The van der Waals surface area contributed by atoms with E-state index in [0.29, 0.717) is 6.61 Å². The average molecular weight is 320 g/mol. The molecule has 0 bridgehead atoms. The Kier molecular flexibility index (Phi) is 3.42. The fourth-order valence-corrected chi connectivity index (χ4v) is 2.55. The van der Waals surface area contributed by atoms with Crippen molar-refractivity contribution in [2.75, 3.05) is 6.61 Å². The summed E-state index contributed by atoms with van der Waals surface area (Å²) in [6, 6.07) is 8.18. The van der Waals surface area contributed by atoms with Crippen molar-refractivity contribution in [3.63, 3.8) is 0 Å². The molecule has 0 spiro atoms. The van der Waals surface area contributed by atoms with Crippen LogP contribution in [-0.2, 0) is 6.42 Å². The lowest BCUT2D eigenvalue weighted by Crippen LogP contribution is -2.22. The Hall–Kier alpha value is -1.55. The number of halogens is 1. The minimum Gasteiger partial charge on any atom is -0.488 e. The summed E-state index contributed by atoms with van der Waals surface area (Å²) in [5, 5.41) is 0. The van der Waals surface area contributed by atoms with Crippen LogP contribution in [0.4, 0.5) is 0 Å². The molecule has 3 rings (SSSR count). The highest BCUT2D eigenvalue weighted by molar-refractivity contribution is 9.10. The minimum atomic E-state index is 0.0794. The Morgan fingerprint density at radius 3 is 3.11 bits per heavy atom. The van der Waals surface area contributed by atoms with E-state index in [-0.39, 0.29) is 6.10 Å². The van der Waals surface area contributed by atoms with Crippen LogP contribution >= 0.6 is 15.9 Å². The summed E-state index contributed by atoms with van der Waals surface area (Å²) >= 11 is 3.37. The van der Waals surface area contributed by atoms with Crippen LogP contribution in [0, 0.1) is 6.92 Å². The van der Waals surface area contributed by atoms with Crippen LogP contribution in [0.25, 0.3) is 0 Å². The molecule has 1 atom stereocenters. The third kappa shape index (κ3) is 2.89. The number of ether oxygens (including phenoxy) is 2. The Balaban J connectivity index is 1.62. The maximum atomic E-state index is 5.86. The first kappa shape index (κ1) is 12.5. The van der Waals surface area contributed by atoms with E-state index in [1.165, 1.54) is 11.1 Å². The number of aryl methyl sites for hydroxylation is 1. The smallest absolute Gasteiger partial charge is 0.138 e. The second-order valence-electron chi connectivity index (χ2n) is 4.71. The van der Waals surface area contributed by atoms with Crippen LogP contribution < -0.4 is 9.47 Å². The molecule has 0 fully saturated rings. The summed E-state index contributed by atoms with van der Waals surface area (Å²) in [6.45, 7) is 2.63. The van der Waals surface area contributed by atoms with Gasteiger partial charge in [-0.3, -0.25) is 4.98 Å². The zero-order chi connectivity index (χ0) is 13.2. The Bertz CT molecular complexity index is 600. The maximum Gasteiger partial charge on any atom is 0.138 e. The lowest BCUT2D eigenvalue weighted by Gasteiger charge is -2.12. The van der Waals surface area contributed by atoms with Gasteiger partial charge in [-0.25, -0.2) is 0 Å². The zero-order valence-electron chi connectivity index (χ0n) is 10.6. The fraction of sp³-hybridized carbons (Fsp3) is 0.267. The molecule has 0 saturated carbocycles. The van der Waals surface area contributed by atoms with E-state index in [2.05, 4.69) is 40.0 Å². The standard InChI is InChI=1S/C15H14BrNO2/c1-10-2-3-15-11(4-10)5-14(19-15)9-18-13-6-12(16)7-17-8-13/h2-4,6-8,14H,5,9H2,1H3. The van der Waals surface area contributed by atoms with E-state index in [1.54, 1.807) is 12.4 Å². The molecule has 19 heavy (non-hydrogen) atoms. The lowest BCUT2D eigenvalue weighted by atomic mass is 10.1. The van der Waals surface area contributed by atoms with E-state index in [9.17, 15) is 0 Å². The SMILES string of the molecule is Cc1ccc2c(c1)CC(COc1cncc(Br)c1)O2. The molecule has 0 radical (unpaired) electrons. The molecule has 1 aromatic heterocycles. The second-order valence-corrected chi connectivity index (χ2v) is 5.62. The van der Waals surface area contributed by atoms with Crippen molar-refractivity contribution in [2.24, 2.45) is 0 Å². The molecule has 0 N–H and O–H groups in total. The third-order valence-electron chi connectivity index (χ3n) is 3.07. The van der Waals surface area contributed by atoms with Crippen molar-refractivity contribution in [3.8, 4) is 11.5 Å². The molecule has 0 saturated heterocycles. The van der Waals surface area contributed by atoms with Gasteiger partial charge in [0, 0.05) is 17.1 Å². The maximum absolute atomic E-state index is 5.86. The monoisotopic (exact) mass is 319 g/mol. The van der Waals surface area contributed by atoms with Crippen LogP contribution in [-0.4, -0.2) is 17.7 Å². The van der Waals surface area contributed by atoms with Gasteiger partial charge >= 0.3 is 0 Å². The van der Waals surface area contributed by atoms with Gasteiger partial charge in [0.2, 0.25) is 0 Å². The van der Waals surface area contributed by atoms with Crippen LogP contribution in [0.5, 0.6) is 11.5 Å². The summed E-state index contributed by atoms with van der Waals surface area (Å²) in [4.78, 5) is 4.07. The Morgan fingerprint density at radius 2 is 2.26 bits per heavy atom. The Morgan fingerprint density at radius 1 is 1.37 bits per heavy atom. The molecule has 98 valence electrons. The molecule has 3 nitrogen and oxygen atoms in total. The predicted molar refractivity (Wildman–Crippen MR) is 76.7 cm³/mol. The van der Waals surface area contributed by atoms with Crippen molar-refractivity contribution in [2.45, 2.75) is 19.4 Å². The van der Waals surface area contributed by atoms with E-state index in [0.717, 1.165) is 22.4 Å². The number of hydrogen-bond donors (Lipinski definition) is 0. The molecular weight excluding hydrogens is 306 g/mol. The van der Waals surface area contributed by atoms with Gasteiger partial charge in [0.15, 0.2) is 0 Å². The first-order chi connectivity index (χ1) is 9.20. The number of pyridine rings is 1.